The van der Waals surface area contributed by atoms with Crippen LogP contribution in [0.25, 0.3) is 0 Å². The van der Waals surface area contributed by atoms with Crippen molar-refractivity contribution in [2.75, 3.05) is 6.61 Å². The lowest BCUT2D eigenvalue weighted by Gasteiger charge is -2.49. The number of carbonyl (C=O) groups is 3. The Balaban J connectivity index is 1.60. The third-order valence-electron chi connectivity index (χ3n) is 7.97. The van der Waals surface area contributed by atoms with Gasteiger partial charge >= 0.3 is 5.97 Å². The van der Waals surface area contributed by atoms with E-state index in [1.165, 1.54) is 16.7 Å². The number of ketones is 2. The second-order valence-corrected chi connectivity index (χ2v) is 9.28. The normalized spacial score (nSPS) is 36.4. The summed E-state index contributed by atoms with van der Waals surface area (Å²) in [6.45, 7) is 6.18. The van der Waals surface area contributed by atoms with Crippen molar-refractivity contribution in [3.63, 3.8) is 0 Å². The first-order valence-corrected chi connectivity index (χ1v) is 10.6. The highest BCUT2D eigenvalue weighted by atomic mass is 16.5. The third-order valence-corrected chi connectivity index (χ3v) is 7.97. The van der Waals surface area contributed by atoms with Crippen molar-refractivity contribution >= 4 is 17.5 Å². The van der Waals surface area contributed by atoms with Crippen LogP contribution in [0.5, 0.6) is 0 Å². The summed E-state index contributed by atoms with van der Waals surface area (Å²) in [6, 6.07) is 0. The highest BCUT2D eigenvalue weighted by Gasteiger charge is 2.55. The van der Waals surface area contributed by atoms with E-state index in [2.05, 4.69) is 19.9 Å². The fourth-order valence-corrected chi connectivity index (χ4v) is 6.34. The van der Waals surface area contributed by atoms with Gasteiger partial charge in [0.1, 0.15) is 6.61 Å². The number of esters is 1. The lowest BCUT2D eigenvalue weighted by Crippen LogP contribution is -2.42. The van der Waals surface area contributed by atoms with Gasteiger partial charge in [-0.15, -0.1) is 0 Å². The topological polar surface area (TPSA) is 60.4 Å². The molecule has 28 heavy (non-hydrogen) atoms. The van der Waals surface area contributed by atoms with E-state index in [1.54, 1.807) is 13.0 Å². The number of rotatable bonds is 4. The van der Waals surface area contributed by atoms with Crippen LogP contribution in [0.3, 0.4) is 0 Å². The highest BCUT2D eigenvalue weighted by Crippen LogP contribution is 2.63. The van der Waals surface area contributed by atoms with Crippen LogP contribution in [0, 0.1) is 22.7 Å². The van der Waals surface area contributed by atoms with Crippen molar-refractivity contribution in [1.82, 2.24) is 0 Å². The summed E-state index contributed by atoms with van der Waals surface area (Å²) >= 11 is 0. The lowest BCUT2D eigenvalue weighted by atomic mass is 9.54. The molecule has 4 rings (SSSR count). The van der Waals surface area contributed by atoms with Crippen LogP contribution in [0.4, 0.5) is 0 Å². The van der Waals surface area contributed by atoms with Crippen LogP contribution >= 0.6 is 0 Å². The number of ether oxygens (including phenoxy) is 1. The summed E-state index contributed by atoms with van der Waals surface area (Å²) in [7, 11) is 0. The van der Waals surface area contributed by atoms with Crippen LogP contribution in [0.15, 0.2) is 34.9 Å². The van der Waals surface area contributed by atoms with E-state index >= 15 is 0 Å². The van der Waals surface area contributed by atoms with Gasteiger partial charge in [-0.3, -0.25) is 14.4 Å². The number of hydrogen-bond acceptors (Lipinski definition) is 4. The molecule has 0 saturated heterocycles. The molecule has 0 N–H and O–H groups in total. The molecule has 0 aromatic carbocycles. The van der Waals surface area contributed by atoms with Crippen LogP contribution in [-0.4, -0.2) is 24.1 Å². The van der Waals surface area contributed by atoms with Gasteiger partial charge in [-0.1, -0.05) is 36.6 Å². The third kappa shape index (κ3) is 2.84. The Labute approximate surface area is 167 Å². The second kappa shape index (κ2) is 6.82. The zero-order valence-corrected chi connectivity index (χ0v) is 17.2. The summed E-state index contributed by atoms with van der Waals surface area (Å²) in [5.41, 5.74) is 4.11. The Morgan fingerprint density at radius 3 is 2.71 bits per heavy atom. The van der Waals surface area contributed by atoms with E-state index < -0.39 is 0 Å². The summed E-state index contributed by atoms with van der Waals surface area (Å²) in [5.74, 6) is 0.285. The van der Waals surface area contributed by atoms with Crippen LogP contribution in [0.1, 0.15) is 65.7 Å². The molecule has 0 unspecified atom stereocenters. The van der Waals surface area contributed by atoms with Gasteiger partial charge in [0.15, 0.2) is 11.6 Å². The Morgan fingerprint density at radius 2 is 1.96 bits per heavy atom. The van der Waals surface area contributed by atoms with Gasteiger partial charge in [-0.2, -0.15) is 0 Å². The predicted octanol–water partition coefficient (Wildman–Crippen LogP) is 4.50. The summed E-state index contributed by atoms with van der Waals surface area (Å²) in [4.78, 5) is 36.2. The first-order chi connectivity index (χ1) is 13.3. The van der Waals surface area contributed by atoms with E-state index in [9.17, 15) is 14.4 Å². The Kier molecular flexibility index (Phi) is 4.71. The van der Waals surface area contributed by atoms with Gasteiger partial charge in [0, 0.05) is 17.8 Å². The Bertz CT molecular complexity index is 830. The van der Waals surface area contributed by atoms with Gasteiger partial charge in [0.2, 0.25) is 0 Å². The molecule has 4 atom stereocenters. The average molecular weight is 383 g/mol. The molecule has 0 bridgehead atoms. The zero-order valence-electron chi connectivity index (χ0n) is 17.2. The number of hydrogen-bond donors (Lipinski definition) is 0. The molecule has 1 saturated carbocycles. The smallest absolute Gasteiger partial charge is 0.305 e. The second-order valence-electron chi connectivity index (χ2n) is 9.28. The van der Waals surface area contributed by atoms with Crippen molar-refractivity contribution < 1.29 is 19.1 Å². The average Bonchev–Trinajstić information content (AvgIpc) is 3.03. The maximum absolute atomic E-state index is 12.9. The Hall–Kier alpha value is -1.97. The maximum Gasteiger partial charge on any atom is 0.305 e. The van der Waals surface area contributed by atoms with E-state index in [1.807, 2.05) is 6.08 Å². The molecule has 1 fully saturated rings. The molecule has 0 aromatic heterocycles. The fourth-order valence-electron chi connectivity index (χ4n) is 6.34. The molecule has 0 aliphatic heterocycles. The van der Waals surface area contributed by atoms with Crippen molar-refractivity contribution in [2.24, 2.45) is 22.7 Å². The van der Waals surface area contributed by atoms with Crippen molar-refractivity contribution in [3.05, 3.63) is 34.9 Å². The van der Waals surface area contributed by atoms with E-state index in [4.69, 9.17) is 4.74 Å². The molecule has 4 aliphatic carbocycles. The van der Waals surface area contributed by atoms with Crippen molar-refractivity contribution in [3.8, 4) is 0 Å². The van der Waals surface area contributed by atoms with Crippen LogP contribution in [-0.2, 0) is 19.1 Å². The molecule has 4 nitrogen and oxygen atoms in total. The van der Waals surface area contributed by atoms with Gasteiger partial charge in [-0.25, -0.2) is 0 Å². The van der Waals surface area contributed by atoms with Gasteiger partial charge in [-0.05, 0) is 68.9 Å². The molecule has 0 spiro atoms. The zero-order chi connectivity index (χ0) is 20.1. The molecule has 0 aromatic rings. The summed E-state index contributed by atoms with van der Waals surface area (Å²) < 4.78 is 5.14. The molecule has 0 heterocycles. The summed E-state index contributed by atoms with van der Waals surface area (Å²) in [5, 5.41) is 0. The molecule has 0 radical (unpaired) electrons. The number of allylic oxidation sites excluding steroid dienone is 6. The minimum atomic E-state index is -0.306. The minimum Gasteiger partial charge on any atom is -0.458 e. The predicted molar refractivity (Wildman–Crippen MR) is 106 cm³/mol. The largest absolute Gasteiger partial charge is 0.458 e. The molecule has 0 amide bonds. The van der Waals surface area contributed by atoms with Crippen LogP contribution in [0.2, 0.25) is 0 Å². The number of carbonyl (C=O) groups excluding carboxylic acids is 3. The van der Waals surface area contributed by atoms with E-state index in [-0.39, 0.29) is 40.9 Å². The van der Waals surface area contributed by atoms with Crippen molar-refractivity contribution in [1.29, 1.82) is 0 Å². The van der Waals surface area contributed by atoms with Gasteiger partial charge < -0.3 is 4.74 Å². The minimum absolute atomic E-state index is 0.0237. The molecular weight excluding hydrogens is 352 g/mol. The van der Waals surface area contributed by atoms with Gasteiger partial charge in [0.25, 0.3) is 0 Å². The fraction of sp³-hybridized carbons (Fsp3) is 0.625. The maximum atomic E-state index is 12.9. The lowest BCUT2D eigenvalue weighted by molar-refractivity contribution is -0.149. The van der Waals surface area contributed by atoms with E-state index in [0.717, 1.165) is 38.5 Å². The highest BCUT2D eigenvalue weighted by molar-refractivity contribution is 6.01. The van der Waals surface area contributed by atoms with Crippen LogP contribution < -0.4 is 0 Å². The molecule has 4 aliphatic rings. The SMILES string of the molecule is CCC(=O)OCC(=O)[C@H]1CC[C@H]2C3=C(CC[C@]12C)[C@@]1(C)C=CC(=O)C=C1CC3. The standard InChI is InChI=1S/C24H30O4/c1-4-22(27)28-14-21(26)20-8-7-18-17-6-5-15-13-16(25)9-11-23(15,2)19(17)10-12-24(18,20)3/h9,11,13,18,20H,4-8,10,12,14H2,1-3H3/t18-,20+,23-,24-/m0/s1. The van der Waals surface area contributed by atoms with E-state index in [0.29, 0.717) is 12.3 Å². The number of fused-ring (bicyclic) bond motifs is 4. The first-order valence-electron chi connectivity index (χ1n) is 10.6. The first kappa shape index (κ1) is 19.4. The quantitative estimate of drug-likeness (QED) is 0.531. The summed E-state index contributed by atoms with van der Waals surface area (Å²) in [6.07, 6.45) is 11.8. The monoisotopic (exact) mass is 382 g/mol. The molecular formula is C24H30O4. The molecule has 4 heteroatoms. The van der Waals surface area contributed by atoms with Crippen molar-refractivity contribution in [2.45, 2.75) is 65.7 Å². The molecule has 150 valence electrons. The number of Topliss-reactive ketones (excluding diaryl/α,β-unsaturated/α-hetero) is 1. The van der Waals surface area contributed by atoms with Gasteiger partial charge in [0.05, 0.1) is 0 Å². The Morgan fingerprint density at radius 1 is 1.18 bits per heavy atom.